The van der Waals surface area contributed by atoms with Crippen LogP contribution in [0.25, 0.3) is 0 Å². The van der Waals surface area contributed by atoms with Gasteiger partial charge in [-0.15, -0.1) is 0 Å². The Balaban J connectivity index is 2.96. The zero-order valence-corrected chi connectivity index (χ0v) is 9.97. The molecule has 1 aromatic carbocycles. The lowest BCUT2D eigenvalue weighted by molar-refractivity contribution is 0.0600. The number of nitrogens with two attached hydrogens (primary N) is 1. The monoisotopic (exact) mass is 261 g/mol. The van der Waals surface area contributed by atoms with Gasteiger partial charge in [0.15, 0.2) is 5.84 Å². The van der Waals surface area contributed by atoms with Gasteiger partial charge in [0.2, 0.25) is 5.71 Å². The van der Waals surface area contributed by atoms with Crippen molar-refractivity contribution in [3.63, 3.8) is 0 Å². The zero-order chi connectivity index (χ0) is 14.4. The summed E-state index contributed by atoms with van der Waals surface area (Å²) < 4.78 is 4.49. The lowest BCUT2D eigenvalue weighted by atomic mass is 10.2. The van der Waals surface area contributed by atoms with Crippen LogP contribution in [0.5, 0.6) is 5.75 Å². The van der Waals surface area contributed by atoms with Crippen LogP contribution >= 0.6 is 0 Å². The molecule has 98 valence electrons. The molecule has 0 saturated heterocycles. The summed E-state index contributed by atoms with van der Waals surface area (Å²) in [6.07, 6.45) is 0. The maximum atomic E-state index is 11.2. The first-order valence-electron chi connectivity index (χ1n) is 4.99. The van der Waals surface area contributed by atoms with Crippen molar-refractivity contribution in [1.82, 2.24) is 0 Å². The van der Waals surface area contributed by atoms with E-state index in [4.69, 9.17) is 16.4 Å². The van der Waals surface area contributed by atoms with E-state index in [2.05, 4.69) is 15.3 Å². The first-order valence-corrected chi connectivity index (χ1v) is 4.99. The topological polar surface area (TPSA) is 145 Å². The van der Waals surface area contributed by atoms with E-state index in [0.717, 1.165) is 0 Å². The van der Waals surface area contributed by atoms with Gasteiger partial charge in [-0.25, -0.2) is 4.79 Å². The molecule has 0 atom stereocenters. The molecular formula is C11H11N5O3. The largest absolute Gasteiger partial charge is 0.506 e. The first-order chi connectivity index (χ1) is 8.99. The van der Waals surface area contributed by atoms with E-state index in [1.54, 1.807) is 6.07 Å². The average molecular weight is 261 g/mol. The number of esters is 1. The number of ether oxygens (including phenoxy) is 1. The Hall–Kier alpha value is -3.08. The highest BCUT2D eigenvalue weighted by Gasteiger charge is 2.09. The number of carbonyl (C=O) groups is 1. The number of rotatable bonds is 4. The van der Waals surface area contributed by atoms with E-state index >= 15 is 0 Å². The number of phenols is 1. The van der Waals surface area contributed by atoms with Crippen molar-refractivity contribution >= 4 is 23.2 Å². The lowest BCUT2D eigenvalue weighted by Crippen LogP contribution is -2.21. The number of nitrogens with one attached hydrogen (secondary N) is 2. The Morgan fingerprint density at radius 1 is 1.63 bits per heavy atom. The van der Waals surface area contributed by atoms with Gasteiger partial charge in [0, 0.05) is 0 Å². The fourth-order valence-corrected chi connectivity index (χ4v) is 1.13. The number of anilines is 1. The van der Waals surface area contributed by atoms with Crippen LogP contribution in [0.2, 0.25) is 0 Å². The summed E-state index contributed by atoms with van der Waals surface area (Å²) in [5.41, 5.74) is 7.47. The summed E-state index contributed by atoms with van der Waals surface area (Å²) in [6.45, 7) is 0. The van der Waals surface area contributed by atoms with Gasteiger partial charge in [0.25, 0.3) is 0 Å². The molecule has 0 amide bonds. The number of amidine groups is 1. The third-order valence-electron chi connectivity index (χ3n) is 2.07. The molecule has 0 radical (unpaired) electrons. The molecule has 0 aliphatic heterocycles. The number of phenolic OH excluding ortho intramolecular Hbond substituents is 1. The third kappa shape index (κ3) is 3.44. The number of carbonyl (C=O) groups excluding carboxylic acids is 1. The minimum absolute atomic E-state index is 0.154. The van der Waals surface area contributed by atoms with E-state index < -0.39 is 11.8 Å². The summed E-state index contributed by atoms with van der Waals surface area (Å²) >= 11 is 0. The van der Waals surface area contributed by atoms with Gasteiger partial charge in [0.05, 0.1) is 18.4 Å². The number of methoxy groups -OCH3 is 1. The number of benzene rings is 1. The number of hydrazone groups is 1. The van der Waals surface area contributed by atoms with Crippen LogP contribution in [0.3, 0.4) is 0 Å². The van der Waals surface area contributed by atoms with Crippen LogP contribution in [0, 0.1) is 16.7 Å². The number of aromatic hydroxyl groups is 1. The second-order valence-electron chi connectivity index (χ2n) is 3.32. The van der Waals surface area contributed by atoms with Gasteiger partial charge in [-0.1, -0.05) is 0 Å². The Morgan fingerprint density at radius 3 is 2.79 bits per heavy atom. The molecule has 0 aromatic heterocycles. The van der Waals surface area contributed by atoms with Crippen molar-refractivity contribution < 1.29 is 14.6 Å². The highest BCUT2D eigenvalue weighted by atomic mass is 16.5. The second kappa shape index (κ2) is 6.02. The molecule has 5 N–H and O–H groups in total. The Kier molecular flexibility index (Phi) is 4.43. The molecule has 0 saturated carbocycles. The molecule has 8 heteroatoms. The number of nitrogens with zero attached hydrogens (tertiary/aromatic N) is 2. The molecule has 0 spiro atoms. The SMILES string of the molecule is COC(=O)c1ccc(N/N=C(\C#N)C(=N)N)c(O)c1. The van der Waals surface area contributed by atoms with Crippen LogP contribution in [0.4, 0.5) is 5.69 Å². The molecule has 0 aliphatic carbocycles. The number of hydrogen-bond acceptors (Lipinski definition) is 7. The summed E-state index contributed by atoms with van der Waals surface area (Å²) in [5.74, 6) is -1.35. The van der Waals surface area contributed by atoms with Gasteiger partial charge in [0.1, 0.15) is 11.8 Å². The number of nitriles is 1. The molecule has 0 heterocycles. The maximum Gasteiger partial charge on any atom is 0.337 e. The van der Waals surface area contributed by atoms with Crippen molar-refractivity contribution in [2.45, 2.75) is 0 Å². The Morgan fingerprint density at radius 2 is 2.32 bits per heavy atom. The highest BCUT2D eigenvalue weighted by molar-refractivity contribution is 6.45. The van der Waals surface area contributed by atoms with Crippen LogP contribution in [0.15, 0.2) is 23.3 Å². The molecule has 8 nitrogen and oxygen atoms in total. The van der Waals surface area contributed by atoms with Crippen molar-refractivity contribution in [1.29, 1.82) is 10.7 Å². The molecule has 1 aromatic rings. The Labute approximate surface area is 108 Å². The van der Waals surface area contributed by atoms with Crippen LogP contribution in [-0.4, -0.2) is 29.7 Å². The number of hydrogen-bond donors (Lipinski definition) is 4. The zero-order valence-electron chi connectivity index (χ0n) is 9.97. The van der Waals surface area contributed by atoms with Gasteiger partial charge < -0.3 is 15.6 Å². The minimum atomic E-state index is -0.591. The van der Waals surface area contributed by atoms with E-state index in [0.29, 0.717) is 0 Å². The maximum absolute atomic E-state index is 11.2. The quantitative estimate of drug-likeness (QED) is 0.203. The molecule has 0 aliphatic rings. The van der Waals surface area contributed by atoms with E-state index in [1.807, 2.05) is 0 Å². The second-order valence-corrected chi connectivity index (χ2v) is 3.32. The predicted octanol–water partition coefficient (Wildman–Crippen LogP) is 0.406. The van der Waals surface area contributed by atoms with Crippen LogP contribution < -0.4 is 11.2 Å². The van der Waals surface area contributed by atoms with E-state index in [-0.39, 0.29) is 22.7 Å². The van der Waals surface area contributed by atoms with Crippen molar-refractivity contribution in [2.75, 3.05) is 12.5 Å². The predicted molar refractivity (Wildman–Crippen MR) is 68.0 cm³/mol. The van der Waals surface area contributed by atoms with Gasteiger partial charge in [-0.2, -0.15) is 10.4 Å². The fraction of sp³-hybridized carbons (Fsp3) is 0.0909. The molecule has 0 unspecified atom stereocenters. The molecular weight excluding hydrogens is 250 g/mol. The Bertz CT molecular complexity index is 588. The van der Waals surface area contributed by atoms with Gasteiger partial charge in [-0.3, -0.25) is 10.8 Å². The summed E-state index contributed by atoms with van der Waals surface area (Å²) in [5, 5.41) is 28.9. The lowest BCUT2D eigenvalue weighted by Gasteiger charge is -2.06. The van der Waals surface area contributed by atoms with Gasteiger partial charge in [-0.05, 0) is 18.2 Å². The fourth-order valence-electron chi connectivity index (χ4n) is 1.13. The van der Waals surface area contributed by atoms with Crippen molar-refractivity contribution in [2.24, 2.45) is 10.8 Å². The summed E-state index contributed by atoms with van der Waals surface area (Å²) in [6, 6.07) is 5.58. The minimum Gasteiger partial charge on any atom is -0.506 e. The average Bonchev–Trinajstić information content (AvgIpc) is 2.39. The summed E-state index contributed by atoms with van der Waals surface area (Å²) in [7, 11) is 1.22. The first kappa shape index (κ1) is 14.0. The summed E-state index contributed by atoms with van der Waals surface area (Å²) in [4.78, 5) is 11.2. The normalized spacial score (nSPS) is 10.4. The highest BCUT2D eigenvalue weighted by Crippen LogP contribution is 2.24. The third-order valence-corrected chi connectivity index (χ3v) is 2.07. The molecule has 19 heavy (non-hydrogen) atoms. The molecule has 0 bridgehead atoms. The van der Waals surface area contributed by atoms with E-state index in [1.165, 1.54) is 25.3 Å². The van der Waals surface area contributed by atoms with Gasteiger partial charge >= 0.3 is 5.97 Å². The smallest absolute Gasteiger partial charge is 0.337 e. The van der Waals surface area contributed by atoms with Crippen LogP contribution in [-0.2, 0) is 4.74 Å². The standard InChI is InChI=1S/C11H11N5O3/c1-19-11(18)6-2-3-7(9(17)4-6)15-16-8(5-12)10(13)14/h2-4,15,17H,1H3,(H3,13,14)/b16-8+. The van der Waals surface area contributed by atoms with Crippen molar-refractivity contribution in [3.8, 4) is 11.8 Å². The van der Waals surface area contributed by atoms with E-state index in [9.17, 15) is 9.90 Å². The molecule has 1 rings (SSSR count). The molecule has 0 fully saturated rings. The van der Waals surface area contributed by atoms with Crippen molar-refractivity contribution in [3.05, 3.63) is 23.8 Å². The van der Waals surface area contributed by atoms with Crippen LogP contribution in [0.1, 0.15) is 10.4 Å².